The van der Waals surface area contributed by atoms with E-state index in [2.05, 4.69) is 44.4 Å². The van der Waals surface area contributed by atoms with Gasteiger partial charge in [0, 0.05) is 39.2 Å². The first kappa shape index (κ1) is 47.8. The van der Waals surface area contributed by atoms with Crippen molar-refractivity contribution in [2.75, 3.05) is 65.7 Å². The minimum absolute atomic E-state index is 0.0919. The molecule has 0 heterocycles. The summed E-state index contributed by atoms with van der Waals surface area (Å²) in [5.74, 6) is 0.987. The van der Waals surface area contributed by atoms with Crippen molar-refractivity contribution >= 4 is 11.9 Å². The number of aliphatic hydroxyl groups excluding tert-OH is 1. The predicted octanol–water partition coefficient (Wildman–Crippen LogP) is 9.99. The van der Waals surface area contributed by atoms with Crippen molar-refractivity contribution in [1.82, 2.24) is 9.80 Å². The molecule has 0 aromatic heterocycles. The van der Waals surface area contributed by atoms with E-state index < -0.39 is 6.16 Å². The lowest BCUT2D eigenvalue weighted by Gasteiger charge is -2.25. The normalized spacial score (nSPS) is 12.3. The number of carbonyl (C=O) groups is 2. The Balaban J connectivity index is 4.23. The van der Waals surface area contributed by atoms with Gasteiger partial charge in [-0.05, 0) is 57.5 Å². The summed E-state index contributed by atoms with van der Waals surface area (Å²) in [6.07, 6.45) is 24.3. The molecule has 0 aliphatic rings. The Kier molecular flexibility index (Phi) is 35.7. The molecule has 8 nitrogen and oxygen atoms in total. The van der Waals surface area contributed by atoms with E-state index in [1.165, 1.54) is 64.2 Å². The second kappa shape index (κ2) is 36.6. The third kappa shape index (κ3) is 31.3. The fraction of sp³-hybridized carbons (Fsp3) is 0.951. The number of unbranched alkanes of at least 4 members (excludes halogenated alkanes) is 12. The van der Waals surface area contributed by atoms with Gasteiger partial charge in [0.25, 0.3) is 0 Å². The summed E-state index contributed by atoms with van der Waals surface area (Å²) >= 11 is 0. The van der Waals surface area contributed by atoms with Gasteiger partial charge in [-0.3, -0.25) is 9.69 Å². The van der Waals surface area contributed by atoms with Crippen LogP contribution in [0.25, 0.3) is 0 Å². The van der Waals surface area contributed by atoms with E-state index in [0.717, 1.165) is 109 Å². The maximum Gasteiger partial charge on any atom is 0.508 e. The van der Waals surface area contributed by atoms with Crippen molar-refractivity contribution in [2.24, 2.45) is 5.92 Å². The fourth-order valence-corrected chi connectivity index (χ4v) is 6.50. The summed E-state index contributed by atoms with van der Waals surface area (Å²) in [7, 11) is 0. The molecular weight excluding hydrogens is 616 g/mol. The molecule has 1 unspecified atom stereocenters. The molecular formula is C41H82N2O6. The summed E-state index contributed by atoms with van der Waals surface area (Å²) in [4.78, 5) is 29.4. The highest BCUT2D eigenvalue weighted by atomic mass is 16.7. The van der Waals surface area contributed by atoms with Crippen LogP contribution in [0.1, 0.15) is 176 Å². The van der Waals surface area contributed by atoms with Crippen LogP contribution in [0.2, 0.25) is 0 Å². The van der Waals surface area contributed by atoms with Gasteiger partial charge in [0.1, 0.15) is 19.3 Å². The van der Waals surface area contributed by atoms with Gasteiger partial charge < -0.3 is 24.2 Å². The zero-order valence-electron chi connectivity index (χ0n) is 33.2. The summed E-state index contributed by atoms with van der Waals surface area (Å²) < 4.78 is 17.1. The molecule has 0 spiro atoms. The van der Waals surface area contributed by atoms with Crippen LogP contribution in [-0.2, 0) is 19.0 Å². The Morgan fingerprint density at radius 1 is 0.571 bits per heavy atom. The van der Waals surface area contributed by atoms with E-state index in [9.17, 15) is 14.7 Å². The van der Waals surface area contributed by atoms with Crippen molar-refractivity contribution in [3.8, 4) is 0 Å². The summed E-state index contributed by atoms with van der Waals surface area (Å²) in [6, 6.07) is 0. The van der Waals surface area contributed by atoms with Gasteiger partial charge in [-0.15, -0.1) is 0 Å². The highest BCUT2D eigenvalue weighted by Crippen LogP contribution is 2.21. The lowest BCUT2D eigenvalue weighted by molar-refractivity contribution is -0.123. The number of hydrogen-bond donors (Lipinski definition) is 1. The Hall–Kier alpha value is -1.22. The molecule has 292 valence electrons. The highest BCUT2D eigenvalue weighted by molar-refractivity contribution is 5.79. The molecule has 0 saturated heterocycles. The fourth-order valence-electron chi connectivity index (χ4n) is 6.50. The van der Waals surface area contributed by atoms with Gasteiger partial charge in [0.15, 0.2) is 5.78 Å². The van der Waals surface area contributed by atoms with Crippen LogP contribution in [0, 0.1) is 5.92 Å². The van der Waals surface area contributed by atoms with Gasteiger partial charge in [-0.25, -0.2) is 4.79 Å². The van der Waals surface area contributed by atoms with Crippen LogP contribution in [0.5, 0.6) is 0 Å². The summed E-state index contributed by atoms with van der Waals surface area (Å²) in [5, 5.41) is 9.44. The van der Waals surface area contributed by atoms with Crippen LogP contribution >= 0.6 is 0 Å². The van der Waals surface area contributed by atoms with E-state index in [1.54, 1.807) is 0 Å². The van der Waals surface area contributed by atoms with Gasteiger partial charge in [-0.1, -0.05) is 131 Å². The molecule has 0 aromatic carbocycles. The first-order chi connectivity index (χ1) is 23.9. The molecule has 0 aliphatic heterocycles. The number of ketones is 1. The average Bonchev–Trinajstić information content (AvgIpc) is 3.09. The minimum atomic E-state index is -0.569. The molecule has 1 N–H and O–H groups in total. The van der Waals surface area contributed by atoms with Crippen molar-refractivity contribution in [3.05, 3.63) is 0 Å². The van der Waals surface area contributed by atoms with Crippen molar-refractivity contribution in [3.63, 3.8) is 0 Å². The monoisotopic (exact) mass is 699 g/mol. The van der Waals surface area contributed by atoms with Gasteiger partial charge in [0.05, 0.1) is 6.61 Å². The molecule has 0 radical (unpaired) electrons. The largest absolute Gasteiger partial charge is 0.508 e. The molecule has 0 bridgehead atoms. The number of hydrogen-bond acceptors (Lipinski definition) is 8. The van der Waals surface area contributed by atoms with Crippen LogP contribution < -0.4 is 0 Å². The summed E-state index contributed by atoms with van der Waals surface area (Å²) in [5.41, 5.74) is 0. The molecule has 49 heavy (non-hydrogen) atoms. The molecule has 8 heteroatoms. The second-order valence-electron chi connectivity index (χ2n) is 14.2. The second-order valence-corrected chi connectivity index (χ2v) is 14.2. The molecule has 0 fully saturated rings. The molecule has 0 aromatic rings. The predicted molar refractivity (Wildman–Crippen MR) is 205 cm³/mol. The van der Waals surface area contributed by atoms with Crippen LogP contribution in [-0.4, -0.2) is 98.6 Å². The van der Waals surface area contributed by atoms with Crippen molar-refractivity contribution < 1.29 is 28.9 Å². The Bertz CT molecular complexity index is 710. The van der Waals surface area contributed by atoms with Crippen molar-refractivity contribution in [1.29, 1.82) is 0 Å². The quantitative estimate of drug-likeness (QED) is 0.0504. The maximum absolute atomic E-state index is 12.6. The maximum atomic E-state index is 12.6. The van der Waals surface area contributed by atoms with Crippen LogP contribution in [0.3, 0.4) is 0 Å². The molecule has 0 amide bonds. The van der Waals surface area contributed by atoms with Crippen LogP contribution in [0.15, 0.2) is 0 Å². The molecule has 0 rings (SSSR count). The molecule has 0 aliphatic carbocycles. The van der Waals surface area contributed by atoms with Crippen LogP contribution in [0.4, 0.5) is 4.79 Å². The van der Waals surface area contributed by atoms with E-state index in [4.69, 9.17) is 14.2 Å². The third-order valence-corrected chi connectivity index (χ3v) is 9.91. The number of ether oxygens (including phenoxy) is 3. The third-order valence-electron chi connectivity index (χ3n) is 9.91. The standard InChI is InChI=1S/C41H82N2O6/c1-6-11-14-22-27-40(49-41(46)48-36-33-43(32-34-44)31-30-42(9-4)10-5)28-23-18-16-15-17-21-26-39(45)37-47-35-29-38(24-19-12-7-2)25-20-13-8-3/h38,40,44H,6-37H2,1-5H3. The van der Waals surface area contributed by atoms with Gasteiger partial charge >= 0.3 is 6.16 Å². The number of aliphatic hydroxyl groups is 1. The Morgan fingerprint density at radius 3 is 1.69 bits per heavy atom. The SMILES string of the molecule is CCCCCCC(CCCCCCCCC(=O)COCCC(CCCCC)CCCCC)OC(=O)OCCN(CCO)CCN(CC)CC. The highest BCUT2D eigenvalue weighted by Gasteiger charge is 2.16. The minimum Gasteiger partial charge on any atom is -0.433 e. The van der Waals surface area contributed by atoms with Crippen molar-refractivity contribution in [2.45, 2.75) is 182 Å². The zero-order chi connectivity index (χ0) is 36.2. The molecule has 0 saturated carbocycles. The van der Waals surface area contributed by atoms with E-state index in [0.29, 0.717) is 19.5 Å². The smallest absolute Gasteiger partial charge is 0.433 e. The lowest BCUT2D eigenvalue weighted by atomic mass is 9.92. The van der Waals surface area contributed by atoms with E-state index in [-0.39, 0.29) is 31.7 Å². The van der Waals surface area contributed by atoms with Gasteiger partial charge in [0.2, 0.25) is 0 Å². The average molecular weight is 699 g/mol. The molecule has 1 atom stereocenters. The number of carbonyl (C=O) groups excluding carboxylic acids is 2. The number of Topliss-reactive ketones (excluding diaryl/α,β-unsaturated/α-hetero) is 1. The lowest BCUT2D eigenvalue weighted by Crippen LogP contribution is -2.38. The van der Waals surface area contributed by atoms with E-state index >= 15 is 0 Å². The first-order valence-corrected chi connectivity index (χ1v) is 20.9. The zero-order valence-corrected chi connectivity index (χ0v) is 33.2. The number of likely N-dealkylation sites (N-methyl/N-ethyl adjacent to an activating group) is 1. The topological polar surface area (TPSA) is 88.5 Å². The Morgan fingerprint density at radius 2 is 1.10 bits per heavy atom. The first-order valence-electron chi connectivity index (χ1n) is 20.9. The number of nitrogens with zero attached hydrogens (tertiary/aromatic N) is 2. The number of rotatable bonds is 38. The van der Waals surface area contributed by atoms with E-state index in [1.807, 2.05) is 0 Å². The Labute approximate surface area is 303 Å². The van der Waals surface area contributed by atoms with Gasteiger partial charge in [-0.2, -0.15) is 0 Å². The summed E-state index contributed by atoms with van der Waals surface area (Å²) in [6.45, 7) is 17.3.